The fourth-order valence-electron chi connectivity index (χ4n) is 3.51. The van der Waals surface area contributed by atoms with E-state index in [0.717, 1.165) is 44.8 Å². The van der Waals surface area contributed by atoms with E-state index in [1.54, 1.807) is 4.68 Å². The maximum absolute atomic E-state index is 12.1. The van der Waals surface area contributed by atoms with Crippen LogP contribution in [0.2, 0.25) is 0 Å². The molecule has 1 aromatic rings. The van der Waals surface area contributed by atoms with Crippen molar-refractivity contribution in [3.05, 3.63) is 18.0 Å². The van der Waals surface area contributed by atoms with Crippen molar-refractivity contribution in [2.45, 2.75) is 50.9 Å². The Kier molecular flexibility index (Phi) is 5.30. The molecule has 0 radical (unpaired) electrons. The molecule has 1 aromatic heterocycles. The molecule has 0 bridgehead atoms. The Balaban J connectivity index is 1.45. The van der Waals surface area contributed by atoms with Gasteiger partial charge in [0.1, 0.15) is 0 Å². The molecule has 0 aromatic carbocycles. The first-order valence-corrected chi connectivity index (χ1v) is 8.43. The average Bonchev–Trinajstić information content (AvgIpc) is 3.13. The number of nitrogens with one attached hydrogen (secondary N) is 1. The van der Waals surface area contributed by atoms with E-state index in [-0.39, 0.29) is 18.0 Å². The number of aromatic nitrogens is 2. The third kappa shape index (κ3) is 4.10. The zero-order valence-corrected chi connectivity index (χ0v) is 13.6. The Hall–Kier alpha value is -1.44. The number of carbonyl (C=O) groups excluding carboxylic acids is 1. The number of amides is 1. The van der Waals surface area contributed by atoms with Gasteiger partial charge in [-0.2, -0.15) is 5.10 Å². The number of aliphatic hydroxyl groups excluding tert-OH is 1. The van der Waals surface area contributed by atoms with E-state index in [1.165, 1.54) is 0 Å². The molecular formula is C16H26N4O3. The molecule has 1 aliphatic heterocycles. The van der Waals surface area contributed by atoms with E-state index in [0.29, 0.717) is 13.0 Å². The standard InChI is InChI=1S/C16H26N4O3/c1-12-4-6-20(18-12)7-5-15(21)17-13-2-3-14(16(13)22)19-8-10-23-11-9-19/h4,6,13-14,16,22H,2-3,5,7-11H2,1H3,(H,17,21)/t13-,14-,16-/m1/s1. The Morgan fingerprint density at radius 2 is 2.22 bits per heavy atom. The first-order chi connectivity index (χ1) is 11.1. The van der Waals surface area contributed by atoms with Gasteiger partial charge in [-0.3, -0.25) is 14.4 Å². The molecule has 3 rings (SSSR count). The lowest BCUT2D eigenvalue weighted by Crippen LogP contribution is -2.51. The lowest BCUT2D eigenvalue weighted by atomic mass is 10.1. The summed E-state index contributed by atoms with van der Waals surface area (Å²) in [6.07, 6.45) is 3.51. The second-order valence-electron chi connectivity index (χ2n) is 6.43. The number of ether oxygens (including phenoxy) is 1. The molecule has 1 saturated heterocycles. The molecule has 0 spiro atoms. The third-order valence-electron chi connectivity index (χ3n) is 4.78. The van der Waals surface area contributed by atoms with Gasteiger partial charge in [0.25, 0.3) is 0 Å². The number of rotatable bonds is 5. The van der Waals surface area contributed by atoms with E-state index in [1.807, 2.05) is 19.2 Å². The van der Waals surface area contributed by atoms with E-state index >= 15 is 0 Å². The number of morpholine rings is 1. The molecule has 3 atom stereocenters. The van der Waals surface area contributed by atoms with Crippen LogP contribution in [0.25, 0.3) is 0 Å². The number of aliphatic hydroxyl groups is 1. The summed E-state index contributed by atoms with van der Waals surface area (Å²) >= 11 is 0. The quantitative estimate of drug-likeness (QED) is 0.793. The van der Waals surface area contributed by atoms with Crippen molar-refractivity contribution in [1.29, 1.82) is 0 Å². The van der Waals surface area contributed by atoms with Crippen LogP contribution in [0.15, 0.2) is 12.3 Å². The van der Waals surface area contributed by atoms with Crippen LogP contribution in [0.3, 0.4) is 0 Å². The van der Waals surface area contributed by atoms with E-state index < -0.39 is 6.10 Å². The highest BCUT2D eigenvalue weighted by atomic mass is 16.5. The summed E-state index contributed by atoms with van der Waals surface area (Å²) in [6.45, 7) is 5.67. The zero-order chi connectivity index (χ0) is 16.2. The summed E-state index contributed by atoms with van der Waals surface area (Å²) in [6, 6.07) is 1.92. The Morgan fingerprint density at radius 3 is 2.91 bits per heavy atom. The van der Waals surface area contributed by atoms with Crippen LogP contribution in [0.4, 0.5) is 0 Å². The van der Waals surface area contributed by atoms with Crippen LogP contribution >= 0.6 is 0 Å². The van der Waals surface area contributed by atoms with E-state index in [9.17, 15) is 9.90 Å². The minimum atomic E-state index is -0.496. The summed E-state index contributed by atoms with van der Waals surface area (Å²) in [7, 11) is 0. The highest BCUT2D eigenvalue weighted by Gasteiger charge is 2.39. The van der Waals surface area contributed by atoms with Gasteiger partial charge in [0.2, 0.25) is 5.91 Å². The van der Waals surface area contributed by atoms with Crippen molar-refractivity contribution in [2.24, 2.45) is 0 Å². The topological polar surface area (TPSA) is 79.6 Å². The van der Waals surface area contributed by atoms with E-state index in [4.69, 9.17) is 4.74 Å². The van der Waals surface area contributed by atoms with Crippen molar-refractivity contribution in [3.63, 3.8) is 0 Å². The maximum atomic E-state index is 12.1. The second kappa shape index (κ2) is 7.42. The van der Waals surface area contributed by atoms with Gasteiger partial charge in [-0.1, -0.05) is 0 Å². The van der Waals surface area contributed by atoms with Crippen molar-refractivity contribution in [1.82, 2.24) is 20.0 Å². The SMILES string of the molecule is Cc1ccn(CCC(=O)N[C@@H]2CC[C@@H](N3CCOCC3)[C@@H]2O)n1. The Bertz CT molecular complexity index is 527. The fourth-order valence-corrected chi connectivity index (χ4v) is 3.51. The minimum absolute atomic E-state index is 0.0233. The number of nitrogens with zero attached hydrogens (tertiary/aromatic N) is 3. The summed E-state index contributed by atoms with van der Waals surface area (Å²) in [5, 5.41) is 17.8. The summed E-state index contributed by atoms with van der Waals surface area (Å²) in [4.78, 5) is 14.4. The maximum Gasteiger partial charge on any atom is 0.222 e. The molecule has 0 unspecified atom stereocenters. The van der Waals surface area contributed by atoms with Crippen LogP contribution in [0.5, 0.6) is 0 Å². The molecule has 23 heavy (non-hydrogen) atoms. The molecule has 1 amide bonds. The smallest absolute Gasteiger partial charge is 0.222 e. The molecule has 7 heteroatoms. The summed E-state index contributed by atoms with van der Waals surface area (Å²) in [5.74, 6) is -0.0233. The van der Waals surface area contributed by atoms with Gasteiger partial charge in [0.15, 0.2) is 0 Å². The monoisotopic (exact) mass is 322 g/mol. The predicted molar refractivity (Wildman–Crippen MR) is 84.9 cm³/mol. The first-order valence-electron chi connectivity index (χ1n) is 8.43. The van der Waals surface area contributed by atoms with Crippen molar-refractivity contribution in [3.8, 4) is 0 Å². The zero-order valence-electron chi connectivity index (χ0n) is 13.6. The fraction of sp³-hybridized carbons (Fsp3) is 0.750. The van der Waals surface area contributed by atoms with Crippen LogP contribution in [-0.2, 0) is 16.1 Å². The number of aryl methyl sites for hydroxylation is 2. The normalized spacial score (nSPS) is 28.9. The lowest BCUT2D eigenvalue weighted by molar-refractivity contribution is -0.123. The van der Waals surface area contributed by atoms with Crippen molar-refractivity contribution < 1.29 is 14.6 Å². The number of hydrogen-bond donors (Lipinski definition) is 2. The Morgan fingerprint density at radius 1 is 1.43 bits per heavy atom. The Labute approximate surface area is 136 Å². The minimum Gasteiger partial charge on any atom is -0.389 e. The summed E-state index contributed by atoms with van der Waals surface area (Å²) in [5.41, 5.74) is 0.949. The lowest BCUT2D eigenvalue weighted by Gasteiger charge is -2.34. The van der Waals surface area contributed by atoms with Crippen molar-refractivity contribution in [2.75, 3.05) is 26.3 Å². The van der Waals surface area contributed by atoms with Gasteiger partial charge >= 0.3 is 0 Å². The molecular weight excluding hydrogens is 296 g/mol. The van der Waals surface area contributed by atoms with Gasteiger partial charge in [-0.05, 0) is 25.8 Å². The van der Waals surface area contributed by atoms with Gasteiger partial charge in [-0.15, -0.1) is 0 Å². The molecule has 2 fully saturated rings. The molecule has 2 aliphatic rings. The average molecular weight is 322 g/mol. The molecule has 128 valence electrons. The molecule has 7 nitrogen and oxygen atoms in total. The number of hydrogen-bond acceptors (Lipinski definition) is 5. The highest BCUT2D eigenvalue weighted by molar-refractivity contribution is 5.76. The first kappa shape index (κ1) is 16.4. The third-order valence-corrected chi connectivity index (χ3v) is 4.78. The number of carbonyl (C=O) groups is 1. The largest absolute Gasteiger partial charge is 0.389 e. The molecule has 1 saturated carbocycles. The van der Waals surface area contributed by atoms with E-state index in [2.05, 4.69) is 15.3 Å². The van der Waals surface area contributed by atoms with Crippen LogP contribution in [0, 0.1) is 6.92 Å². The molecule has 2 N–H and O–H groups in total. The summed E-state index contributed by atoms with van der Waals surface area (Å²) < 4.78 is 7.13. The van der Waals surface area contributed by atoms with Gasteiger partial charge in [-0.25, -0.2) is 0 Å². The molecule has 2 heterocycles. The van der Waals surface area contributed by atoms with Crippen LogP contribution in [-0.4, -0.2) is 70.2 Å². The highest BCUT2D eigenvalue weighted by Crippen LogP contribution is 2.25. The van der Waals surface area contributed by atoms with Gasteiger partial charge in [0.05, 0.1) is 31.1 Å². The van der Waals surface area contributed by atoms with Crippen LogP contribution in [0.1, 0.15) is 25.0 Å². The van der Waals surface area contributed by atoms with Crippen molar-refractivity contribution >= 4 is 5.91 Å². The van der Waals surface area contributed by atoms with Gasteiger partial charge < -0.3 is 15.2 Å². The second-order valence-corrected chi connectivity index (χ2v) is 6.43. The van der Waals surface area contributed by atoms with Crippen LogP contribution < -0.4 is 5.32 Å². The predicted octanol–water partition coefficient (Wildman–Crippen LogP) is -0.0781. The van der Waals surface area contributed by atoms with Gasteiger partial charge in [0, 0.05) is 38.3 Å². The molecule has 1 aliphatic carbocycles.